The number of thioether (sulfide) groups is 2. The minimum atomic E-state index is -0.864. The van der Waals surface area contributed by atoms with Gasteiger partial charge in [-0.15, -0.1) is 24.4 Å². The standard InChI is InChI=1S/C13H24S2.C4H6O2S3/c1-2-3-4-5-6-7-8-9-10-11-12-13(14)15-12;1-2(3(5)6)9-4(7)8/h12H,2-11H2,1H3;2H,1H3,(H,5,6)(H,7,8). The predicted octanol–water partition coefficient (Wildman–Crippen LogP) is 6.76. The molecule has 2 atom stereocenters. The van der Waals surface area contributed by atoms with Crippen LogP contribution in [0, 0.1) is 0 Å². The Bertz CT molecular complexity index is 387. The summed E-state index contributed by atoms with van der Waals surface area (Å²) in [6.45, 7) is 3.84. The number of hydrogen-bond donors (Lipinski definition) is 2. The molecule has 140 valence electrons. The van der Waals surface area contributed by atoms with Crippen LogP contribution in [-0.2, 0) is 4.79 Å². The van der Waals surface area contributed by atoms with E-state index in [1.165, 1.54) is 68.4 Å². The van der Waals surface area contributed by atoms with Crippen molar-refractivity contribution >= 4 is 74.3 Å². The molecule has 0 aromatic heterocycles. The first-order valence-electron chi connectivity index (χ1n) is 8.71. The second kappa shape index (κ2) is 15.9. The molecule has 0 spiro atoms. The predicted molar refractivity (Wildman–Crippen MR) is 122 cm³/mol. The van der Waals surface area contributed by atoms with Crippen LogP contribution in [0.15, 0.2) is 0 Å². The molecular formula is C17H30O2S5. The average molecular weight is 427 g/mol. The van der Waals surface area contributed by atoms with E-state index < -0.39 is 11.2 Å². The van der Waals surface area contributed by atoms with Gasteiger partial charge in [-0.25, -0.2) is 0 Å². The summed E-state index contributed by atoms with van der Waals surface area (Å²) < 4.78 is 1.62. The van der Waals surface area contributed by atoms with Crippen molar-refractivity contribution in [3.05, 3.63) is 0 Å². The van der Waals surface area contributed by atoms with Gasteiger partial charge in [0.15, 0.2) is 0 Å². The number of thiocarbonyl (C=S) groups is 2. The first kappa shape index (κ1) is 24.7. The number of aliphatic carboxylic acids is 1. The molecule has 0 aromatic carbocycles. The summed E-state index contributed by atoms with van der Waals surface area (Å²) in [7, 11) is 0. The van der Waals surface area contributed by atoms with Crippen LogP contribution in [0.4, 0.5) is 0 Å². The van der Waals surface area contributed by atoms with Gasteiger partial charge in [0.1, 0.15) is 8.78 Å². The maximum Gasteiger partial charge on any atom is 0.316 e. The third kappa shape index (κ3) is 16.2. The highest BCUT2D eigenvalue weighted by atomic mass is 32.2. The molecule has 0 aromatic rings. The van der Waals surface area contributed by atoms with E-state index in [2.05, 4.69) is 31.8 Å². The summed E-state index contributed by atoms with van der Waals surface area (Å²) in [4.78, 5) is 10.1. The fraction of sp³-hybridized carbons (Fsp3) is 0.824. The summed E-state index contributed by atoms with van der Waals surface area (Å²) in [6, 6.07) is 0. The van der Waals surface area contributed by atoms with E-state index >= 15 is 0 Å². The number of carbonyl (C=O) groups is 1. The molecule has 24 heavy (non-hydrogen) atoms. The molecule has 0 amide bonds. The van der Waals surface area contributed by atoms with Crippen LogP contribution in [0.25, 0.3) is 0 Å². The highest BCUT2D eigenvalue weighted by Crippen LogP contribution is 2.38. The highest BCUT2D eigenvalue weighted by Gasteiger charge is 2.29. The van der Waals surface area contributed by atoms with Crippen LogP contribution in [0.2, 0.25) is 0 Å². The topological polar surface area (TPSA) is 37.3 Å². The van der Waals surface area contributed by atoms with Crippen LogP contribution < -0.4 is 0 Å². The van der Waals surface area contributed by atoms with Gasteiger partial charge in [-0.1, -0.05) is 101 Å². The fourth-order valence-electron chi connectivity index (χ4n) is 2.12. The lowest BCUT2D eigenvalue weighted by Gasteiger charge is -2.00. The Kier molecular flexibility index (Phi) is 16.4. The van der Waals surface area contributed by atoms with Crippen molar-refractivity contribution in [3.63, 3.8) is 0 Å². The van der Waals surface area contributed by atoms with E-state index in [-0.39, 0.29) is 0 Å². The largest absolute Gasteiger partial charge is 0.480 e. The van der Waals surface area contributed by atoms with Crippen molar-refractivity contribution in [2.45, 2.75) is 88.6 Å². The van der Waals surface area contributed by atoms with Gasteiger partial charge in [-0.2, -0.15) is 0 Å². The summed E-state index contributed by atoms with van der Waals surface area (Å²) in [5.41, 5.74) is 0. The first-order valence-corrected chi connectivity index (χ1v) is 11.7. The second-order valence-corrected chi connectivity index (χ2v) is 10.9. The van der Waals surface area contributed by atoms with Crippen molar-refractivity contribution in [1.29, 1.82) is 0 Å². The zero-order chi connectivity index (χ0) is 18.4. The van der Waals surface area contributed by atoms with Crippen molar-refractivity contribution in [2.75, 3.05) is 0 Å². The minimum absolute atomic E-state index is 0.366. The van der Waals surface area contributed by atoms with Gasteiger partial charge in [0.25, 0.3) is 0 Å². The van der Waals surface area contributed by atoms with E-state index in [1.54, 1.807) is 6.92 Å². The Morgan fingerprint density at radius 1 is 1.21 bits per heavy atom. The number of thiol groups is 1. The van der Waals surface area contributed by atoms with E-state index in [0.717, 1.165) is 17.0 Å². The molecule has 0 aliphatic carbocycles. The smallest absolute Gasteiger partial charge is 0.316 e. The molecule has 1 aliphatic rings. The number of carboxylic acids is 1. The molecule has 1 N–H and O–H groups in total. The normalized spacial score (nSPS) is 17.0. The molecule has 1 aliphatic heterocycles. The Balaban J connectivity index is 0.000000506. The second-order valence-electron chi connectivity index (χ2n) is 5.91. The molecule has 1 heterocycles. The van der Waals surface area contributed by atoms with Gasteiger partial charge >= 0.3 is 5.97 Å². The molecule has 2 nitrogen and oxygen atoms in total. The SMILES string of the molecule is CC(SC(=S)S)C(=O)O.CCCCCCCCCCCC1SC1=S. The third-order valence-electron chi connectivity index (χ3n) is 3.66. The molecule has 0 radical (unpaired) electrons. The highest BCUT2D eigenvalue weighted by molar-refractivity contribution is 8.42. The summed E-state index contributed by atoms with van der Waals surface area (Å²) in [5, 5.41) is 8.59. The summed E-state index contributed by atoms with van der Waals surface area (Å²) >= 11 is 16.4. The van der Waals surface area contributed by atoms with Crippen LogP contribution in [0.5, 0.6) is 0 Å². The monoisotopic (exact) mass is 426 g/mol. The third-order valence-corrected chi connectivity index (χ3v) is 6.76. The zero-order valence-electron chi connectivity index (χ0n) is 14.7. The van der Waals surface area contributed by atoms with E-state index in [9.17, 15) is 4.79 Å². The Morgan fingerprint density at radius 2 is 1.67 bits per heavy atom. The Labute approximate surface area is 172 Å². The summed E-state index contributed by atoms with van der Waals surface area (Å²) in [5.74, 6) is -0.864. The van der Waals surface area contributed by atoms with Gasteiger partial charge in [-0.05, 0) is 13.3 Å². The first-order chi connectivity index (χ1) is 11.4. The van der Waals surface area contributed by atoms with Gasteiger partial charge in [0.2, 0.25) is 0 Å². The van der Waals surface area contributed by atoms with Crippen molar-refractivity contribution in [3.8, 4) is 0 Å². The Hall–Kier alpha value is 0.700. The Morgan fingerprint density at radius 3 is 2.00 bits per heavy atom. The van der Waals surface area contributed by atoms with Crippen LogP contribution in [0.3, 0.4) is 0 Å². The van der Waals surface area contributed by atoms with Gasteiger partial charge < -0.3 is 5.11 Å². The van der Waals surface area contributed by atoms with Crippen molar-refractivity contribution < 1.29 is 9.90 Å². The molecule has 2 unspecified atom stereocenters. The van der Waals surface area contributed by atoms with Gasteiger partial charge in [-0.3, -0.25) is 4.79 Å². The van der Waals surface area contributed by atoms with Crippen LogP contribution >= 0.6 is 60.6 Å². The van der Waals surface area contributed by atoms with Crippen molar-refractivity contribution in [2.24, 2.45) is 0 Å². The van der Waals surface area contributed by atoms with E-state index in [1.807, 2.05) is 11.8 Å². The van der Waals surface area contributed by atoms with Crippen LogP contribution in [-0.4, -0.2) is 29.3 Å². The van der Waals surface area contributed by atoms with E-state index in [0.29, 0.717) is 3.53 Å². The summed E-state index contributed by atoms with van der Waals surface area (Å²) in [6.07, 6.45) is 14.2. The molecule has 1 rings (SSSR count). The maximum atomic E-state index is 10.1. The quantitative estimate of drug-likeness (QED) is 0.155. The van der Waals surface area contributed by atoms with Gasteiger partial charge in [0.05, 0.1) is 9.45 Å². The molecule has 0 saturated carbocycles. The number of rotatable bonds is 12. The fourth-order valence-corrected chi connectivity index (χ4v) is 4.52. The number of carboxylic acid groups (broad SMARTS) is 1. The van der Waals surface area contributed by atoms with Crippen molar-refractivity contribution in [1.82, 2.24) is 0 Å². The minimum Gasteiger partial charge on any atom is -0.480 e. The maximum absolute atomic E-state index is 10.1. The molecule has 1 saturated heterocycles. The molecule has 7 heteroatoms. The lowest BCUT2D eigenvalue weighted by Crippen LogP contribution is -2.11. The molecule has 1 fully saturated rings. The number of hydrogen-bond acceptors (Lipinski definition) is 5. The van der Waals surface area contributed by atoms with Gasteiger partial charge in [0, 0.05) is 0 Å². The van der Waals surface area contributed by atoms with Crippen LogP contribution in [0.1, 0.15) is 78.1 Å². The number of unbranched alkanes of at least 4 members (excludes halogenated alkanes) is 8. The lowest BCUT2D eigenvalue weighted by molar-refractivity contribution is -0.136. The van der Waals surface area contributed by atoms with E-state index in [4.69, 9.17) is 17.3 Å². The lowest BCUT2D eigenvalue weighted by atomic mass is 10.1. The zero-order valence-corrected chi connectivity index (χ0v) is 18.8. The molecular weight excluding hydrogens is 397 g/mol. The molecule has 0 bridgehead atoms. The average Bonchev–Trinajstić information content (AvgIpc) is 3.21.